The minimum atomic E-state index is -0.203. The normalized spacial score (nSPS) is 33.2. The predicted octanol–water partition coefficient (Wildman–Crippen LogP) is 2.16. The zero-order chi connectivity index (χ0) is 14.9. The Bertz CT molecular complexity index is 631. The second-order valence-corrected chi connectivity index (χ2v) is 7.41. The van der Waals surface area contributed by atoms with E-state index in [-0.39, 0.29) is 36.1 Å². The van der Waals surface area contributed by atoms with Crippen LogP contribution in [0.25, 0.3) is 0 Å². The largest absolute Gasteiger partial charge is 0.394 e. The molecule has 2 fully saturated rings. The van der Waals surface area contributed by atoms with Crippen LogP contribution < -0.4 is 0 Å². The van der Waals surface area contributed by atoms with Gasteiger partial charge in [-0.25, -0.2) is 5.01 Å². The van der Waals surface area contributed by atoms with Crippen molar-refractivity contribution in [3.05, 3.63) is 34.3 Å². The maximum absolute atomic E-state index is 12.4. The van der Waals surface area contributed by atoms with Crippen molar-refractivity contribution in [1.82, 2.24) is 10.0 Å². The average molecular weight is 307 g/mol. The Morgan fingerprint density at radius 1 is 1.43 bits per heavy atom. The van der Waals surface area contributed by atoms with E-state index in [1.807, 2.05) is 17.1 Å². The molecule has 0 bridgehead atoms. The van der Waals surface area contributed by atoms with Gasteiger partial charge in [-0.1, -0.05) is 17.7 Å². The quantitative estimate of drug-likeness (QED) is 0.864. The molecule has 2 saturated heterocycles. The summed E-state index contributed by atoms with van der Waals surface area (Å²) in [4.78, 5) is 12.4. The van der Waals surface area contributed by atoms with Crippen LogP contribution >= 0.6 is 11.6 Å². The lowest BCUT2D eigenvalue weighted by Crippen LogP contribution is -2.46. The van der Waals surface area contributed by atoms with Gasteiger partial charge in [-0.15, -0.1) is 0 Å². The molecule has 0 radical (unpaired) electrons. The first-order chi connectivity index (χ1) is 9.94. The van der Waals surface area contributed by atoms with E-state index in [1.54, 1.807) is 0 Å². The average Bonchev–Trinajstić information content (AvgIpc) is 2.97. The SMILES string of the molecule is CC1(C)CC(=O)N2C(CO)C3Cc4cc(Cl)ccc4C3N21. The fraction of sp³-hybridized carbons (Fsp3) is 0.562. The van der Waals surface area contributed by atoms with Crippen LogP contribution in [0.1, 0.15) is 37.4 Å². The van der Waals surface area contributed by atoms with E-state index in [0.29, 0.717) is 6.42 Å². The van der Waals surface area contributed by atoms with Gasteiger partial charge in [0, 0.05) is 22.9 Å². The lowest BCUT2D eigenvalue weighted by atomic mass is 9.90. The van der Waals surface area contributed by atoms with Crippen molar-refractivity contribution < 1.29 is 9.90 Å². The van der Waals surface area contributed by atoms with Crippen LogP contribution in [0.5, 0.6) is 0 Å². The van der Waals surface area contributed by atoms with Gasteiger partial charge in [0.05, 0.1) is 18.7 Å². The summed E-state index contributed by atoms with van der Waals surface area (Å²) < 4.78 is 0. The van der Waals surface area contributed by atoms with Crippen LogP contribution in [-0.2, 0) is 11.2 Å². The number of hydrogen-bond acceptors (Lipinski definition) is 3. The van der Waals surface area contributed by atoms with Gasteiger partial charge in [0.1, 0.15) is 0 Å². The molecule has 21 heavy (non-hydrogen) atoms. The molecule has 1 aromatic carbocycles. The molecule has 0 aromatic heterocycles. The summed E-state index contributed by atoms with van der Waals surface area (Å²) in [7, 11) is 0. The number of nitrogens with zero attached hydrogens (tertiary/aromatic N) is 2. The van der Waals surface area contributed by atoms with Gasteiger partial charge in [-0.3, -0.25) is 9.80 Å². The predicted molar refractivity (Wildman–Crippen MR) is 79.6 cm³/mol. The third kappa shape index (κ3) is 1.67. The van der Waals surface area contributed by atoms with E-state index in [4.69, 9.17) is 11.6 Å². The van der Waals surface area contributed by atoms with Gasteiger partial charge in [0.15, 0.2) is 0 Å². The van der Waals surface area contributed by atoms with Gasteiger partial charge in [0.2, 0.25) is 5.91 Å². The number of benzene rings is 1. The van der Waals surface area contributed by atoms with Gasteiger partial charge >= 0.3 is 0 Å². The Hall–Kier alpha value is -1.10. The van der Waals surface area contributed by atoms with Crippen LogP contribution in [0.15, 0.2) is 18.2 Å². The summed E-state index contributed by atoms with van der Waals surface area (Å²) in [6.45, 7) is 4.23. The van der Waals surface area contributed by atoms with Gasteiger partial charge in [-0.05, 0) is 43.5 Å². The first kappa shape index (κ1) is 13.6. The lowest BCUT2D eigenvalue weighted by Gasteiger charge is -2.36. The van der Waals surface area contributed by atoms with E-state index < -0.39 is 0 Å². The highest BCUT2D eigenvalue weighted by Crippen LogP contribution is 2.55. The summed E-state index contributed by atoms with van der Waals surface area (Å²) in [5, 5.41) is 14.6. The number of halogens is 1. The molecular formula is C16H19ClN2O2. The van der Waals surface area contributed by atoms with Gasteiger partial charge in [0.25, 0.3) is 0 Å². The Labute approximate surface area is 129 Å². The summed E-state index contributed by atoms with van der Waals surface area (Å²) in [6, 6.07) is 6.09. The highest BCUT2D eigenvalue weighted by atomic mass is 35.5. The molecule has 4 rings (SSSR count). The molecule has 2 heterocycles. The smallest absolute Gasteiger partial charge is 0.239 e. The summed E-state index contributed by atoms with van der Waals surface area (Å²) in [5.41, 5.74) is 2.31. The van der Waals surface area contributed by atoms with E-state index in [0.717, 1.165) is 11.4 Å². The molecule has 0 spiro atoms. The number of aliphatic hydroxyl groups excluding tert-OH is 1. The topological polar surface area (TPSA) is 43.8 Å². The Morgan fingerprint density at radius 3 is 2.90 bits per heavy atom. The van der Waals surface area contributed by atoms with Gasteiger partial charge in [-0.2, -0.15) is 0 Å². The zero-order valence-corrected chi connectivity index (χ0v) is 13.0. The number of hydrogen-bond donors (Lipinski definition) is 1. The summed E-state index contributed by atoms with van der Waals surface area (Å²) >= 11 is 6.11. The second-order valence-electron chi connectivity index (χ2n) is 6.98. The molecular weight excluding hydrogens is 288 g/mol. The fourth-order valence-corrected chi connectivity index (χ4v) is 4.68. The number of hydrazine groups is 1. The second kappa shape index (κ2) is 4.22. The molecule has 3 atom stereocenters. The zero-order valence-electron chi connectivity index (χ0n) is 12.2. The summed E-state index contributed by atoms with van der Waals surface area (Å²) in [6.07, 6.45) is 1.39. The number of rotatable bonds is 1. The van der Waals surface area contributed by atoms with Crippen molar-refractivity contribution in [1.29, 1.82) is 0 Å². The number of fused-ring (bicyclic) bond motifs is 5. The highest BCUT2D eigenvalue weighted by molar-refractivity contribution is 6.30. The molecule has 1 N–H and O–H groups in total. The molecule has 1 aromatic rings. The van der Waals surface area contributed by atoms with Crippen molar-refractivity contribution in [2.45, 2.75) is 44.3 Å². The molecule has 2 aliphatic heterocycles. The highest BCUT2D eigenvalue weighted by Gasteiger charge is 2.61. The molecule has 0 saturated carbocycles. The van der Waals surface area contributed by atoms with E-state index >= 15 is 0 Å². The van der Waals surface area contributed by atoms with E-state index in [9.17, 15) is 9.90 Å². The van der Waals surface area contributed by atoms with Crippen molar-refractivity contribution in [3.63, 3.8) is 0 Å². The molecule has 4 nitrogen and oxygen atoms in total. The lowest BCUT2D eigenvalue weighted by molar-refractivity contribution is -0.142. The monoisotopic (exact) mass is 306 g/mol. The third-order valence-electron chi connectivity index (χ3n) is 5.24. The molecule has 1 amide bonds. The Kier molecular flexibility index (Phi) is 2.72. The molecule has 5 heteroatoms. The molecule has 112 valence electrons. The van der Waals surface area contributed by atoms with E-state index in [2.05, 4.69) is 24.9 Å². The molecule has 3 unspecified atom stereocenters. The molecule has 1 aliphatic carbocycles. The Morgan fingerprint density at radius 2 is 2.19 bits per heavy atom. The van der Waals surface area contributed by atoms with Crippen LogP contribution in [0.2, 0.25) is 5.02 Å². The number of amides is 1. The minimum Gasteiger partial charge on any atom is -0.394 e. The van der Waals surface area contributed by atoms with Crippen molar-refractivity contribution in [3.8, 4) is 0 Å². The standard InChI is InChI=1S/C16H19ClN2O2/c1-16(2)7-14(21)18-13(8-20)12-6-9-5-10(17)3-4-11(9)15(12)19(16)18/h3-5,12-13,15,20H,6-8H2,1-2H3. The number of carbonyl (C=O) groups excluding carboxylic acids is 1. The minimum absolute atomic E-state index is 0.0151. The van der Waals surface area contributed by atoms with Crippen LogP contribution in [0, 0.1) is 5.92 Å². The van der Waals surface area contributed by atoms with Crippen molar-refractivity contribution in [2.24, 2.45) is 5.92 Å². The summed E-state index contributed by atoms with van der Waals surface area (Å²) in [5.74, 6) is 0.385. The van der Waals surface area contributed by atoms with Crippen molar-refractivity contribution in [2.75, 3.05) is 6.61 Å². The van der Waals surface area contributed by atoms with Crippen molar-refractivity contribution >= 4 is 17.5 Å². The molecule has 3 aliphatic rings. The first-order valence-corrected chi connectivity index (χ1v) is 7.82. The fourth-order valence-electron chi connectivity index (χ4n) is 4.49. The number of carbonyl (C=O) groups is 1. The van der Waals surface area contributed by atoms with Crippen LogP contribution in [0.4, 0.5) is 0 Å². The van der Waals surface area contributed by atoms with E-state index in [1.165, 1.54) is 11.1 Å². The third-order valence-corrected chi connectivity index (χ3v) is 5.47. The maximum Gasteiger partial charge on any atom is 0.239 e. The first-order valence-electron chi connectivity index (χ1n) is 7.44. The maximum atomic E-state index is 12.4. The Balaban J connectivity index is 1.85. The van der Waals surface area contributed by atoms with Crippen LogP contribution in [0.3, 0.4) is 0 Å². The number of aliphatic hydroxyl groups is 1. The van der Waals surface area contributed by atoms with Gasteiger partial charge < -0.3 is 5.11 Å². The van der Waals surface area contributed by atoms with Crippen LogP contribution in [-0.4, -0.2) is 39.2 Å².